The predicted molar refractivity (Wildman–Crippen MR) is 139 cm³/mol. The highest BCUT2D eigenvalue weighted by Crippen LogP contribution is 2.40. The van der Waals surface area contributed by atoms with Crippen LogP contribution in [-0.4, -0.2) is 23.2 Å². The van der Waals surface area contributed by atoms with Gasteiger partial charge >= 0.3 is 12.3 Å². The van der Waals surface area contributed by atoms with Crippen LogP contribution >= 0.6 is 11.8 Å². The molecule has 8 heteroatoms. The first-order valence-corrected chi connectivity index (χ1v) is 12.9. The third-order valence-corrected chi connectivity index (χ3v) is 6.93. The summed E-state index contributed by atoms with van der Waals surface area (Å²) in [4.78, 5) is 24.1. The van der Waals surface area contributed by atoms with Gasteiger partial charge in [-0.3, -0.25) is 9.59 Å². The second-order valence-electron chi connectivity index (χ2n) is 9.13. The molecule has 0 aliphatic rings. The van der Waals surface area contributed by atoms with E-state index in [1.807, 2.05) is 48.5 Å². The number of carbonyl (C=O) groups excluding carboxylic acids is 1. The lowest BCUT2D eigenvalue weighted by molar-refractivity contribution is -0.274. The van der Waals surface area contributed by atoms with Crippen molar-refractivity contribution in [2.75, 3.05) is 0 Å². The zero-order valence-electron chi connectivity index (χ0n) is 20.6. The van der Waals surface area contributed by atoms with E-state index >= 15 is 0 Å². The Balaban J connectivity index is 1.68. The summed E-state index contributed by atoms with van der Waals surface area (Å²) in [6.07, 6.45) is -3.28. The van der Waals surface area contributed by atoms with E-state index in [4.69, 9.17) is 5.11 Å². The van der Waals surface area contributed by atoms with Crippen molar-refractivity contribution in [1.82, 2.24) is 0 Å². The SMILES string of the molecule is CC(C)CC(Sc1ccc(-c2ccc(OC(F)(F)F)cc2)cc1)c1ccc(C(=O)CCCC(=O)O)cc1. The second kappa shape index (κ2) is 12.8. The molecule has 37 heavy (non-hydrogen) atoms. The molecule has 196 valence electrons. The minimum Gasteiger partial charge on any atom is -0.481 e. The number of alkyl halides is 3. The molecule has 0 radical (unpaired) electrons. The molecule has 3 rings (SSSR count). The number of rotatable bonds is 12. The lowest BCUT2D eigenvalue weighted by Crippen LogP contribution is -2.16. The fourth-order valence-corrected chi connectivity index (χ4v) is 5.24. The van der Waals surface area contributed by atoms with Crippen LogP contribution in [0, 0.1) is 5.92 Å². The van der Waals surface area contributed by atoms with E-state index in [1.165, 1.54) is 12.1 Å². The van der Waals surface area contributed by atoms with Crippen LogP contribution in [0.25, 0.3) is 11.1 Å². The average Bonchev–Trinajstić information content (AvgIpc) is 2.83. The normalized spacial score (nSPS) is 12.4. The molecule has 0 aliphatic heterocycles. The molecule has 4 nitrogen and oxygen atoms in total. The summed E-state index contributed by atoms with van der Waals surface area (Å²) in [5, 5.41) is 8.92. The Bertz CT molecular complexity index is 1170. The van der Waals surface area contributed by atoms with Crippen molar-refractivity contribution in [3.05, 3.63) is 83.9 Å². The van der Waals surface area contributed by atoms with Gasteiger partial charge in [-0.2, -0.15) is 0 Å². The molecule has 0 fully saturated rings. The Kier molecular flexibility index (Phi) is 9.80. The summed E-state index contributed by atoms with van der Waals surface area (Å²) in [5.74, 6) is -0.771. The molecule has 0 aromatic heterocycles. The Morgan fingerprint density at radius 3 is 1.95 bits per heavy atom. The van der Waals surface area contributed by atoms with E-state index in [1.54, 1.807) is 23.9 Å². The number of carbonyl (C=O) groups is 2. The first-order valence-electron chi connectivity index (χ1n) is 12.0. The standard InChI is InChI=1S/C29H29F3O4S/c1-19(2)18-27(23-8-6-22(7-9-23)26(33)4-3-5-28(34)35)37-25-16-12-21(13-17-25)20-10-14-24(15-11-20)36-29(30,31)32/h6-17,19,27H,3-5,18H2,1-2H3,(H,34,35). The summed E-state index contributed by atoms with van der Waals surface area (Å²) in [5.41, 5.74) is 3.35. The number of ether oxygens (including phenoxy) is 1. The molecule has 1 unspecified atom stereocenters. The third kappa shape index (κ3) is 9.28. The van der Waals surface area contributed by atoms with Crippen molar-refractivity contribution >= 4 is 23.5 Å². The largest absolute Gasteiger partial charge is 0.573 e. The third-order valence-electron chi connectivity index (χ3n) is 5.64. The van der Waals surface area contributed by atoms with Gasteiger partial charge in [0.25, 0.3) is 0 Å². The topological polar surface area (TPSA) is 63.6 Å². The van der Waals surface area contributed by atoms with Crippen LogP contribution in [0.3, 0.4) is 0 Å². The van der Waals surface area contributed by atoms with Gasteiger partial charge in [0.2, 0.25) is 0 Å². The van der Waals surface area contributed by atoms with Crippen LogP contribution in [0.1, 0.15) is 60.7 Å². The minimum atomic E-state index is -4.72. The van der Waals surface area contributed by atoms with E-state index in [2.05, 4.69) is 18.6 Å². The van der Waals surface area contributed by atoms with Gasteiger partial charge in [-0.05, 0) is 59.7 Å². The molecule has 0 aliphatic carbocycles. The van der Waals surface area contributed by atoms with Gasteiger partial charge < -0.3 is 9.84 Å². The van der Waals surface area contributed by atoms with Crippen LogP contribution in [0.4, 0.5) is 13.2 Å². The van der Waals surface area contributed by atoms with Gasteiger partial charge in [-0.1, -0.05) is 62.4 Å². The number of Topliss-reactive ketones (excluding diaryl/α,β-unsaturated/α-hetero) is 1. The quantitative estimate of drug-likeness (QED) is 0.188. The van der Waals surface area contributed by atoms with Gasteiger partial charge in [0, 0.05) is 28.6 Å². The number of hydrogen-bond acceptors (Lipinski definition) is 4. The van der Waals surface area contributed by atoms with Crippen LogP contribution in [0.5, 0.6) is 5.75 Å². The molecule has 0 saturated heterocycles. The number of carboxylic acid groups (broad SMARTS) is 1. The van der Waals surface area contributed by atoms with Crippen molar-refractivity contribution in [2.24, 2.45) is 5.92 Å². The summed E-state index contributed by atoms with van der Waals surface area (Å²) < 4.78 is 41.1. The summed E-state index contributed by atoms with van der Waals surface area (Å²) in [6, 6.07) is 21.2. The number of halogens is 3. The highest BCUT2D eigenvalue weighted by molar-refractivity contribution is 7.99. The Morgan fingerprint density at radius 1 is 0.865 bits per heavy atom. The maximum absolute atomic E-state index is 12.4. The number of ketones is 1. The monoisotopic (exact) mass is 530 g/mol. The number of hydrogen-bond donors (Lipinski definition) is 1. The van der Waals surface area contributed by atoms with Crippen molar-refractivity contribution in [3.8, 4) is 16.9 Å². The summed E-state index contributed by atoms with van der Waals surface area (Å²) in [6.45, 7) is 4.31. The maximum atomic E-state index is 12.4. The molecule has 0 saturated carbocycles. The van der Waals surface area contributed by atoms with E-state index < -0.39 is 12.3 Å². The Hall–Kier alpha value is -3.26. The molecule has 0 bridgehead atoms. The molecule has 0 heterocycles. The van der Waals surface area contributed by atoms with Crippen molar-refractivity contribution in [3.63, 3.8) is 0 Å². The fraction of sp³-hybridized carbons (Fsp3) is 0.310. The zero-order chi connectivity index (χ0) is 27.0. The zero-order valence-corrected chi connectivity index (χ0v) is 21.4. The lowest BCUT2D eigenvalue weighted by Gasteiger charge is -2.20. The van der Waals surface area contributed by atoms with Crippen molar-refractivity contribution < 1.29 is 32.6 Å². The predicted octanol–water partition coefficient (Wildman–Crippen LogP) is 8.57. The molecular formula is C29H29F3O4S. The number of thioether (sulfide) groups is 1. The van der Waals surface area contributed by atoms with Crippen LogP contribution in [-0.2, 0) is 4.79 Å². The van der Waals surface area contributed by atoms with Gasteiger partial charge in [-0.25, -0.2) is 0 Å². The van der Waals surface area contributed by atoms with Crippen molar-refractivity contribution in [2.45, 2.75) is 56.0 Å². The van der Waals surface area contributed by atoms with E-state index in [0.717, 1.165) is 28.0 Å². The number of carboxylic acids is 1. The minimum absolute atomic E-state index is 0.0203. The Morgan fingerprint density at radius 2 is 1.43 bits per heavy atom. The lowest BCUT2D eigenvalue weighted by atomic mass is 9.99. The summed E-state index contributed by atoms with van der Waals surface area (Å²) >= 11 is 1.72. The maximum Gasteiger partial charge on any atom is 0.573 e. The van der Waals surface area contributed by atoms with Gasteiger partial charge in [-0.15, -0.1) is 24.9 Å². The van der Waals surface area contributed by atoms with Crippen molar-refractivity contribution in [1.29, 1.82) is 0 Å². The highest BCUT2D eigenvalue weighted by atomic mass is 32.2. The van der Waals surface area contributed by atoms with E-state index in [9.17, 15) is 22.8 Å². The van der Waals surface area contributed by atoms with Crippen LogP contribution in [0.15, 0.2) is 77.7 Å². The average molecular weight is 531 g/mol. The number of benzene rings is 3. The number of aliphatic carboxylic acids is 1. The van der Waals surface area contributed by atoms with E-state index in [0.29, 0.717) is 17.9 Å². The molecule has 0 spiro atoms. The van der Waals surface area contributed by atoms with Crippen LogP contribution < -0.4 is 4.74 Å². The van der Waals surface area contributed by atoms with E-state index in [-0.39, 0.29) is 29.6 Å². The smallest absolute Gasteiger partial charge is 0.481 e. The molecule has 1 N–H and O–H groups in total. The fourth-order valence-electron chi connectivity index (χ4n) is 3.85. The molecule has 1 atom stereocenters. The van der Waals surface area contributed by atoms with Gasteiger partial charge in [0.1, 0.15) is 5.75 Å². The molecule has 0 amide bonds. The van der Waals surface area contributed by atoms with Gasteiger partial charge in [0.05, 0.1) is 0 Å². The molecule has 3 aromatic carbocycles. The second-order valence-corrected chi connectivity index (χ2v) is 10.4. The van der Waals surface area contributed by atoms with Gasteiger partial charge in [0.15, 0.2) is 5.78 Å². The Labute approximate surface area is 218 Å². The van der Waals surface area contributed by atoms with Crippen LogP contribution in [0.2, 0.25) is 0 Å². The summed E-state index contributed by atoms with van der Waals surface area (Å²) in [7, 11) is 0. The first kappa shape index (κ1) is 28.3. The molecular weight excluding hydrogens is 501 g/mol. The molecule has 3 aromatic rings. The first-order chi connectivity index (χ1) is 17.5. The highest BCUT2D eigenvalue weighted by Gasteiger charge is 2.31.